The molecule has 1 rings (SSSR count). The van der Waals surface area contributed by atoms with E-state index < -0.39 is 43.1 Å². The number of carbonyl (C=O) groups is 1. The van der Waals surface area contributed by atoms with E-state index in [0.29, 0.717) is 12.1 Å². The van der Waals surface area contributed by atoms with Gasteiger partial charge in [0.05, 0.1) is 26.9 Å². The first-order valence-corrected chi connectivity index (χ1v) is 4.62. The van der Waals surface area contributed by atoms with Gasteiger partial charge in [0, 0.05) is 0 Å². The Hall–Kier alpha value is -3.44. The highest BCUT2D eigenvalue weighted by Gasteiger charge is 2.33. The summed E-state index contributed by atoms with van der Waals surface area (Å²) in [6.07, 6.45) is -0.152. The summed E-state index contributed by atoms with van der Waals surface area (Å²) >= 11 is 0. The first-order chi connectivity index (χ1) is 9.33. The first kappa shape index (κ1) is 14.6. The second kappa shape index (κ2) is 5.47. The Labute approximate surface area is 108 Å². The molecule has 1 N–H and O–H groups in total. The zero-order valence-electron chi connectivity index (χ0n) is 9.33. The normalized spacial score (nSPS) is 10.9. The predicted octanol–water partition coefficient (Wildman–Crippen LogP) is 0.788. The van der Waals surface area contributed by atoms with Crippen molar-refractivity contribution in [3.63, 3.8) is 0 Å². The Morgan fingerprint density at radius 1 is 1.05 bits per heavy atom. The molecule has 1 aromatic rings. The summed E-state index contributed by atoms with van der Waals surface area (Å²) in [5, 5.41) is 43.2. The highest BCUT2D eigenvalue weighted by Crippen LogP contribution is 2.33. The van der Waals surface area contributed by atoms with Gasteiger partial charge in [-0.1, -0.05) is 5.16 Å². The lowest BCUT2D eigenvalue weighted by molar-refractivity contribution is -0.403. The quantitative estimate of drug-likeness (QED) is 0.270. The van der Waals surface area contributed by atoms with E-state index in [1.807, 2.05) is 0 Å². The summed E-state index contributed by atoms with van der Waals surface area (Å²) in [5.41, 5.74) is -4.99. The maximum absolute atomic E-state index is 10.8. The molecular weight excluding hydrogens is 280 g/mol. The van der Waals surface area contributed by atoms with Crippen molar-refractivity contribution in [1.29, 1.82) is 0 Å². The maximum Gasteiger partial charge on any atom is 0.292 e. The van der Waals surface area contributed by atoms with Crippen molar-refractivity contribution in [3.8, 4) is 0 Å². The van der Waals surface area contributed by atoms with Crippen LogP contribution in [0.15, 0.2) is 17.3 Å². The number of rotatable bonds is 5. The SMILES string of the molecule is O=CC(=NO)c1c([N+](=O)[O-])cc([N+](=O)[O-])cc1[N+](=O)[O-]. The minimum atomic E-state index is -1.16. The number of benzene rings is 1. The molecule has 12 heteroatoms. The minimum absolute atomic E-state index is 0.152. The first-order valence-electron chi connectivity index (χ1n) is 4.62. The highest BCUT2D eigenvalue weighted by molar-refractivity contribution is 6.38. The molecule has 0 fully saturated rings. The van der Waals surface area contributed by atoms with Gasteiger partial charge in [0.25, 0.3) is 17.1 Å². The van der Waals surface area contributed by atoms with E-state index in [2.05, 4.69) is 5.16 Å². The summed E-state index contributed by atoms with van der Waals surface area (Å²) < 4.78 is 0. The maximum atomic E-state index is 10.8. The number of hydrogen-bond acceptors (Lipinski definition) is 9. The summed E-state index contributed by atoms with van der Waals surface area (Å²) in [7, 11) is 0. The molecule has 0 radical (unpaired) electrons. The molecule has 0 bridgehead atoms. The number of non-ortho nitro benzene ring substituents is 1. The number of nitro groups is 3. The lowest BCUT2D eigenvalue weighted by Crippen LogP contribution is -2.11. The van der Waals surface area contributed by atoms with Crippen LogP contribution in [0, 0.1) is 30.3 Å². The molecule has 0 amide bonds. The minimum Gasteiger partial charge on any atom is -0.410 e. The van der Waals surface area contributed by atoms with Gasteiger partial charge in [-0.2, -0.15) is 0 Å². The van der Waals surface area contributed by atoms with Crippen LogP contribution < -0.4 is 0 Å². The Bertz CT molecular complexity index is 617. The molecule has 0 aromatic heterocycles. The lowest BCUT2D eigenvalue weighted by Gasteiger charge is -2.02. The average molecular weight is 284 g/mol. The molecule has 104 valence electrons. The van der Waals surface area contributed by atoms with Crippen LogP contribution >= 0.6 is 0 Å². The van der Waals surface area contributed by atoms with Gasteiger partial charge in [-0.05, 0) is 0 Å². The zero-order chi connectivity index (χ0) is 15.4. The fraction of sp³-hybridized carbons (Fsp3) is 0. The van der Waals surface area contributed by atoms with Crippen LogP contribution in [0.25, 0.3) is 0 Å². The van der Waals surface area contributed by atoms with E-state index in [-0.39, 0.29) is 6.29 Å². The number of nitro benzene ring substituents is 3. The van der Waals surface area contributed by atoms with Crippen LogP contribution in [0.2, 0.25) is 0 Å². The van der Waals surface area contributed by atoms with Crippen LogP contribution in [0.4, 0.5) is 17.1 Å². The summed E-state index contributed by atoms with van der Waals surface area (Å²) in [6.45, 7) is 0. The molecule has 0 saturated heterocycles. The number of hydrogen-bond donors (Lipinski definition) is 1. The predicted molar refractivity (Wildman–Crippen MR) is 60.8 cm³/mol. The molecule has 0 unspecified atom stereocenters. The molecule has 12 nitrogen and oxygen atoms in total. The van der Waals surface area contributed by atoms with Crippen molar-refractivity contribution in [2.45, 2.75) is 0 Å². The van der Waals surface area contributed by atoms with Crippen LogP contribution in [-0.4, -0.2) is 32.0 Å². The summed E-state index contributed by atoms with van der Waals surface area (Å²) in [5.74, 6) is 0. The monoisotopic (exact) mass is 284 g/mol. The van der Waals surface area contributed by atoms with Crippen LogP contribution in [-0.2, 0) is 4.79 Å². The molecule has 1 aromatic carbocycles. The Morgan fingerprint density at radius 3 is 1.75 bits per heavy atom. The topological polar surface area (TPSA) is 179 Å². The van der Waals surface area contributed by atoms with Gasteiger partial charge in [0.2, 0.25) is 0 Å². The number of nitrogens with zero attached hydrogens (tertiary/aromatic N) is 4. The van der Waals surface area contributed by atoms with Crippen molar-refractivity contribution in [3.05, 3.63) is 48.0 Å². The van der Waals surface area contributed by atoms with Gasteiger partial charge in [-0.25, -0.2) is 0 Å². The molecule has 0 saturated carbocycles. The Balaban J connectivity index is 3.87. The van der Waals surface area contributed by atoms with Crippen molar-refractivity contribution in [2.24, 2.45) is 5.16 Å². The standard InChI is InChI=1S/C8H4N4O8/c13-3-5(9-14)8-6(11(17)18)1-4(10(15)16)2-7(8)12(19)20/h1-3,14H. The van der Waals surface area contributed by atoms with E-state index in [0.717, 1.165) is 0 Å². The third-order valence-electron chi connectivity index (χ3n) is 2.16. The van der Waals surface area contributed by atoms with Gasteiger partial charge in [-0.15, -0.1) is 0 Å². The molecule has 0 aliphatic rings. The molecule has 20 heavy (non-hydrogen) atoms. The van der Waals surface area contributed by atoms with Crippen LogP contribution in [0.5, 0.6) is 0 Å². The van der Waals surface area contributed by atoms with E-state index >= 15 is 0 Å². The van der Waals surface area contributed by atoms with Gasteiger partial charge in [0.1, 0.15) is 0 Å². The number of oxime groups is 1. The Kier molecular flexibility index (Phi) is 4.00. The Morgan fingerprint density at radius 2 is 1.50 bits per heavy atom. The second-order valence-electron chi connectivity index (χ2n) is 3.23. The van der Waals surface area contributed by atoms with Crippen molar-refractivity contribution < 1.29 is 24.8 Å². The number of aldehydes is 1. The smallest absolute Gasteiger partial charge is 0.292 e. The van der Waals surface area contributed by atoms with E-state index in [4.69, 9.17) is 5.21 Å². The largest absolute Gasteiger partial charge is 0.410 e. The van der Waals surface area contributed by atoms with Gasteiger partial charge in [0.15, 0.2) is 17.6 Å². The molecule has 0 aliphatic carbocycles. The zero-order valence-corrected chi connectivity index (χ0v) is 9.33. The molecule has 0 heterocycles. The third kappa shape index (κ3) is 2.53. The second-order valence-corrected chi connectivity index (χ2v) is 3.23. The van der Waals surface area contributed by atoms with Gasteiger partial charge in [-0.3, -0.25) is 35.1 Å². The molecule has 0 aliphatic heterocycles. The fourth-order valence-corrected chi connectivity index (χ4v) is 1.39. The lowest BCUT2D eigenvalue weighted by atomic mass is 10.1. The van der Waals surface area contributed by atoms with E-state index in [1.165, 1.54) is 0 Å². The van der Waals surface area contributed by atoms with Crippen molar-refractivity contribution in [2.75, 3.05) is 0 Å². The van der Waals surface area contributed by atoms with Crippen molar-refractivity contribution >= 4 is 29.1 Å². The van der Waals surface area contributed by atoms with E-state index in [9.17, 15) is 35.1 Å². The van der Waals surface area contributed by atoms with E-state index in [1.54, 1.807) is 0 Å². The average Bonchev–Trinajstić information content (AvgIpc) is 2.39. The molecular formula is C8H4N4O8. The summed E-state index contributed by atoms with van der Waals surface area (Å²) in [6, 6.07) is 0.855. The number of carbonyl (C=O) groups excluding carboxylic acids is 1. The van der Waals surface area contributed by atoms with Crippen molar-refractivity contribution in [1.82, 2.24) is 0 Å². The van der Waals surface area contributed by atoms with Crippen LogP contribution in [0.3, 0.4) is 0 Å². The third-order valence-corrected chi connectivity index (χ3v) is 2.16. The molecule has 0 spiro atoms. The van der Waals surface area contributed by atoms with Gasteiger partial charge >= 0.3 is 0 Å². The fourth-order valence-electron chi connectivity index (χ4n) is 1.39. The van der Waals surface area contributed by atoms with Gasteiger partial charge < -0.3 is 5.21 Å². The van der Waals surface area contributed by atoms with Crippen LogP contribution in [0.1, 0.15) is 5.56 Å². The highest BCUT2D eigenvalue weighted by atomic mass is 16.6. The molecule has 0 atom stereocenters. The summed E-state index contributed by atoms with van der Waals surface area (Å²) in [4.78, 5) is 39.5.